The van der Waals surface area contributed by atoms with E-state index in [4.69, 9.17) is 10.7 Å². The molecule has 4 heteroatoms. The monoisotopic (exact) mass is 270 g/mol. The van der Waals surface area contributed by atoms with E-state index in [2.05, 4.69) is 42.0 Å². The Labute approximate surface area is 120 Å². The van der Waals surface area contributed by atoms with E-state index in [0.29, 0.717) is 12.6 Å². The fourth-order valence-corrected chi connectivity index (χ4v) is 3.03. The molecule has 0 aliphatic carbocycles. The molecule has 1 unspecified atom stereocenters. The predicted octanol–water partition coefficient (Wildman–Crippen LogP) is 1.83. The van der Waals surface area contributed by atoms with Crippen LogP contribution >= 0.6 is 0 Å². The van der Waals surface area contributed by atoms with Gasteiger partial charge in [-0.25, -0.2) is 4.98 Å². The lowest BCUT2D eigenvalue weighted by molar-refractivity contribution is 0.275. The molecule has 0 saturated carbocycles. The third-order valence-electron chi connectivity index (χ3n) is 4.13. The normalized spacial score (nSPS) is 20.6. The molecule has 106 valence electrons. The molecule has 2 heterocycles. The van der Waals surface area contributed by atoms with Crippen LogP contribution in [0.5, 0.6) is 0 Å². The number of anilines is 1. The van der Waals surface area contributed by atoms with Gasteiger partial charge in [-0.15, -0.1) is 0 Å². The summed E-state index contributed by atoms with van der Waals surface area (Å²) in [6.45, 7) is 5.99. The van der Waals surface area contributed by atoms with Crippen LogP contribution in [0.1, 0.15) is 12.5 Å². The first kappa shape index (κ1) is 13.3. The largest absolute Gasteiger partial charge is 0.351 e. The summed E-state index contributed by atoms with van der Waals surface area (Å²) in [7, 11) is 2.17. The summed E-state index contributed by atoms with van der Waals surface area (Å²) in [6.07, 6.45) is 0. The lowest BCUT2D eigenvalue weighted by Gasteiger charge is -2.39. The minimum absolute atomic E-state index is 0.480. The molecule has 3 rings (SSSR count). The lowest BCUT2D eigenvalue weighted by atomic mass is 10.1. The molecule has 0 radical (unpaired) electrons. The highest BCUT2D eigenvalue weighted by atomic mass is 15.3. The third-order valence-corrected chi connectivity index (χ3v) is 4.13. The van der Waals surface area contributed by atoms with Crippen LogP contribution in [0.15, 0.2) is 30.3 Å². The number of benzene rings is 1. The van der Waals surface area contributed by atoms with Crippen LogP contribution in [0.25, 0.3) is 10.9 Å². The van der Waals surface area contributed by atoms with Gasteiger partial charge in [0.05, 0.1) is 5.52 Å². The summed E-state index contributed by atoms with van der Waals surface area (Å²) in [5.41, 5.74) is 8.13. The number of nitrogens with two attached hydrogens (primary N) is 1. The molecule has 20 heavy (non-hydrogen) atoms. The second-order valence-corrected chi connectivity index (χ2v) is 5.67. The van der Waals surface area contributed by atoms with E-state index in [9.17, 15) is 0 Å². The van der Waals surface area contributed by atoms with E-state index in [1.54, 1.807) is 0 Å². The number of para-hydroxylation sites is 1. The molecular weight excluding hydrogens is 248 g/mol. The van der Waals surface area contributed by atoms with Gasteiger partial charge in [0, 0.05) is 37.6 Å². The second-order valence-electron chi connectivity index (χ2n) is 5.67. The zero-order valence-electron chi connectivity index (χ0n) is 12.2. The smallest absolute Gasteiger partial charge is 0.129 e. The van der Waals surface area contributed by atoms with Gasteiger partial charge in [0.15, 0.2) is 0 Å². The highest BCUT2D eigenvalue weighted by Crippen LogP contribution is 2.25. The number of fused-ring (bicyclic) bond motifs is 1. The van der Waals surface area contributed by atoms with Crippen LogP contribution in [0.3, 0.4) is 0 Å². The van der Waals surface area contributed by atoms with Crippen molar-refractivity contribution in [3.8, 4) is 0 Å². The molecule has 4 nitrogen and oxygen atoms in total. The molecule has 0 amide bonds. The molecule has 1 aromatic heterocycles. The van der Waals surface area contributed by atoms with E-state index in [1.165, 1.54) is 10.9 Å². The maximum atomic E-state index is 5.92. The fraction of sp³-hybridized carbons (Fsp3) is 0.438. The van der Waals surface area contributed by atoms with Crippen LogP contribution in [0, 0.1) is 0 Å². The van der Waals surface area contributed by atoms with Crippen molar-refractivity contribution in [2.75, 3.05) is 31.6 Å². The third kappa shape index (κ3) is 2.37. The number of hydrogen-bond donors (Lipinski definition) is 1. The topological polar surface area (TPSA) is 45.4 Å². The quantitative estimate of drug-likeness (QED) is 0.904. The van der Waals surface area contributed by atoms with Crippen molar-refractivity contribution in [1.82, 2.24) is 9.88 Å². The van der Waals surface area contributed by atoms with Crippen molar-refractivity contribution >= 4 is 16.7 Å². The Morgan fingerprint density at radius 3 is 2.85 bits per heavy atom. The highest BCUT2D eigenvalue weighted by Gasteiger charge is 2.23. The number of pyridine rings is 1. The van der Waals surface area contributed by atoms with Gasteiger partial charge in [0.25, 0.3) is 0 Å². The Kier molecular flexibility index (Phi) is 3.59. The SMILES string of the molecule is CC1CN(C)CCN1c1cc(CN)c2ccccc2n1. The first-order valence-electron chi connectivity index (χ1n) is 7.23. The molecular formula is C16H22N4. The molecule has 0 bridgehead atoms. The maximum absolute atomic E-state index is 5.92. The Morgan fingerprint density at radius 2 is 2.10 bits per heavy atom. The van der Waals surface area contributed by atoms with Gasteiger partial charge < -0.3 is 15.5 Å². The van der Waals surface area contributed by atoms with Crippen LogP contribution in [-0.2, 0) is 6.54 Å². The number of piperazine rings is 1. The van der Waals surface area contributed by atoms with Gasteiger partial charge in [0.1, 0.15) is 5.82 Å². The number of likely N-dealkylation sites (N-methyl/N-ethyl adjacent to an activating group) is 1. The predicted molar refractivity (Wildman–Crippen MR) is 83.9 cm³/mol. The first-order chi connectivity index (χ1) is 9.69. The average Bonchev–Trinajstić information content (AvgIpc) is 2.46. The Balaban J connectivity index is 2.03. The molecule has 1 aromatic carbocycles. The summed E-state index contributed by atoms with van der Waals surface area (Å²) in [5, 5.41) is 1.17. The van der Waals surface area contributed by atoms with Crippen molar-refractivity contribution < 1.29 is 0 Å². The van der Waals surface area contributed by atoms with Crippen molar-refractivity contribution in [1.29, 1.82) is 0 Å². The number of rotatable bonds is 2. The van der Waals surface area contributed by atoms with E-state index >= 15 is 0 Å². The van der Waals surface area contributed by atoms with Gasteiger partial charge >= 0.3 is 0 Å². The lowest BCUT2D eigenvalue weighted by Crippen LogP contribution is -2.50. The summed E-state index contributed by atoms with van der Waals surface area (Å²) in [4.78, 5) is 9.60. The molecule has 1 fully saturated rings. The molecule has 0 spiro atoms. The van der Waals surface area contributed by atoms with Crippen molar-refractivity contribution in [3.05, 3.63) is 35.9 Å². The van der Waals surface area contributed by atoms with Gasteiger partial charge in [-0.2, -0.15) is 0 Å². The van der Waals surface area contributed by atoms with Crippen molar-refractivity contribution in [2.45, 2.75) is 19.5 Å². The van der Waals surface area contributed by atoms with Crippen LogP contribution in [-0.4, -0.2) is 42.6 Å². The molecule has 1 atom stereocenters. The number of nitrogens with zero attached hydrogens (tertiary/aromatic N) is 3. The highest BCUT2D eigenvalue weighted by molar-refractivity contribution is 5.84. The van der Waals surface area contributed by atoms with Gasteiger partial charge in [-0.1, -0.05) is 18.2 Å². The fourth-order valence-electron chi connectivity index (χ4n) is 3.03. The van der Waals surface area contributed by atoms with Crippen molar-refractivity contribution in [2.24, 2.45) is 5.73 Å². The van der Waals surface area contributed by atoms with Gasteiger partial charge in [0.2, 0.25) is 0 Å². The van der Waals surface area contributed by atoms with Crippen LogP contribution in [0.4, 0.5) is 5.82 Å². The minimum atomic E-state index is 0.480. The standard InChI is InChI=1S/C16H22N4/c1-12-11-19(2)7-8-20(12)16-9-13(10-17)14-5-3-4-6-15(14)18-16/h3-6,9,12H,7-8,10-11,17H2,1-2H3. The molecule has 1 aliphatic rings. The molecule has 1 aliphatic heterocycles. The summed E-state index contributed by atoms with van der Waals surface area (Å²) in [5.74, 6) is 1.06. The summed E-state index contributed by atoms with van der Waals surface area (Å²) >= 11 is 0. The second kappa shape index (κ2) is 5.38. The maximum Gasteiger partial charge on any atom is 0.129 e. The van der Waals surface area contributed by atoms with E-state index in [-0.39, 0.29) is 0 Å². The molecule has 1 saturated heterocycles. The zero-order valence-corrected chi connectivity index (χ0v) is 12.2. The molecule has 2 aromatic rings. The van der Waals surface area contributed by atoms with E-state index in [1.807, 2.05) is 12.1 Å². The van der Waals surface area contributed by atoms with Crippen molar-refractivity contribution in [3.63, 3.8) is 0 Å². The zero-order chi connectivity index (χ0) is 14.1. The first-order valence-corrected chi connectivity index (χ1v) is 7.23. The summed E-state index contributed by atoms with van der Waals surface area (Å²) in [6, 6.07) is 10.9. The minimum Gasteiger partial charge on any atom is -0.351 e. The Morgan fingerprint density at radius 1 is 1.30 bits per heavy atom. The van der Waals surface area contributed by atoms with E-state index in [0.717, 1.165) is 31.0 Å². The number of aromatic nitrogens is 1. The van der Waals surface area contributed by atoms with Crippen LogP contribution in [0.2, 0.25) is 0 Å². The Bertz CT molecular complexity index is 610. The van der Waals surface area contributed by atoms with Gasteiger partial charge in [-0.3, -0.25) is 0 Å². The Hall–Kier alpha value is -1.65. The van der Waals surface area contributed by atoms with E-state index < -0.39 is 0 Å². The molecule has 2 N–H and O–H groups in total. The van der Waals surface area contributed by atoms with Crippen LogP contribution < -0.4 is 10.6 Å². The average molecular weight is 270 g/mol. The number of hydrogen-bond acceptors (Lipinski definition) is 4. The summed E-state index contributed by atoms with van der Waals surface area (Å²) < 4.78 is 0. The van der Waals surface area contributed by atoms with Gasteiger partial charge in [-0.05, 0) is 31.7 Å².